The summed E-state index contributed by atoms with van der Waals surface area (Å²) in [5.41, 5.74) is 6.05. The molecule has 0 aliphatic carbocycles. The van der Waals surface area contributed by atoms with Gasteiger partial charge in [-0.3, -0.25) is 4.79 Å². The Bertz CT molecular complexity index is 1370. The molecule has 0 saturated heterocycles. The molecule has 3 N–H and O–H groups in total. The molecule has 0 aliphatic rings. The van der Waals surface area contributed by atoms with Crippen LogP contribution in [0, 0.1) is 0 Å². The van der Waals surface area contributed by atoms with Gasteiger partial charge in [0.05, 0.1) is 18.3 Å². The summed E-state index contributed by atoms with van der Waals surface area (Å²) < 4.78 is 1.61. The number of fused-ring (bicyclic) bond motifs is 2. The highest BCUT2D eigenvalue weighted by molar-refractivity contribution is 5.98. The number of rotatable bonds is 5. The standard InChI is InChI=1S/C22H19N7O/c1-23-15-5-2-4-14(10-15)22(30)25-12-16-11-18-17(7-9-24-21(18)28-16)19-13-27-29-20(19)6-3-8-26-29/h2-11,13,23H,12H2,1H3,(H,24,28)(H,25,30). The van der Waals surface area contributed by atoms with Gasteiger partial charge >= 0.3 is 0 Å². The average Bonchev–Trinajstić information content (AvgIpc) is 3.41. The lowest BCUT2D eigenvalue weighted by Gasteiger charge is -2.06. The van der Waals surface area contributed by atoms with Crippen molar-refractivity contribution in [3.05, 3.63) is 78.4 Å². The Labute approximate surface area is 172 Å². The summed E-state index contributed by atoms with van der Waals surface area (Å²) in [5.74, 6) is -0.132. The Balaban J connectivity index is 1.43. The largest absolute Gasteiger partial charge is 0.388 e. The van der Waals surface area contributed by atoms with Crippen LogP contribution in [-0.4, -0.2) is 37.8 Å². The van der Waals surface area contributed by atoms with Gasteiger partial charge in [-0.05, 0) is 48.0 Å². The van der Waals surface area contributed by atoms with Crippen LogP contribution in [0.4, 0.5) is 5.69 Å². The fourth-order valence-electron chi connectivity index (χ4n) is 3.55. The van der Waals surface area contributed by atoms with Crippen LogP contribution in [0.2, 0.25) is 0 Å². The summed E-state index contributed by atoms with van der Waals surface area (Å²) >= 11 is 0. The molecule has 0 aliphatic heterocycles. The van der Waals surface area contributed by atoms with E-state index in [2.05, 4.69) is 30.8 Å². The van der Waals surface area contributed by atoms with E-state index < -0.39 is 0 Å². The number of carbonyl (C=O) groups is 1. The Morgan fingerprint density at radius 2 is 2.00 bits per heavy atom. The van der Waals surface area contributed by atoms with Crippen LogP contribution < -0.4 is 10.6 Å². The van der Waals surface area contributed by atoms with Crippen molar-refractivity contribution in [2.24, 2.45) is 0 Å². The number of aromatic nitrogens is 5. The highest BCUT2D eigenvalue weighted by Gasteiger charge is 2.13. The molecule has 0 unspecified atom stereocenters. The summed E-state index contributed by atoms with van der Waals surface area (Å²) in [6.07, 6.45) is 5.27. The van der Waals surface area contributed by atoms with Gasteiger partial charge in [-0.25, -0.2) is 4.98 Å². The number of H-pyrrole nitrogens is 1. The Kier molecular flexibility index (Phi) is 4.36. The number of nitrogens with one attached hydrogen (secondary N) is 3. The van der Waals surface area contributed by atoms with Gasteiger partial charge in [0, 0.05) is 47.3 Å². The molecule has 0 fully saturated rings. The molecular weight excluding hydrogens is 378 g/mol. The van der Waals surface area contributed by atoms with Gasteiger partial charge in [-0.1, -0.05) is 6.07 Å². The summed E-state index contributed by atoms with van der Waals surface area (Å²) in [5, 5.41) is 15.5. The van der Waals surface area contributed by atoms with Crippen molar-refractivity contribution >= 4 is 28.1 Å². The Morgan fingerprint density at radius 3 is 2.90 bits per heavy atom. The van der Waals surface area contributed by atoms with E-state index in [4.69, 9.17) is 0 Å². The third-order valence-corrected chi connectivity index (χ3v) is 5.03. The van der Waals surface area contributed by atoms with E-state index in [9.17, 15) is 4.79 Å². The van der Waals surface area contributed by atoms with Gasteiger partial charge < -0.3 is 15.6 Å². The fourth-order valence-corrected chi connectivity index (χ4v) is 3.55. The molecule has 0 spiro atoms. The average molecular weight is 397 g/mol. The van der Waals surface area contributed by atoms with Gasteiger partial charge in [-0.2, -0.15) is 14.8 Å². The molecule has 4 aromatic heterocycles. The maximum absolute atomic E-state index is 12.5. The first-order valence-corrected chi connectivity index (χ1v) is 9.55. The number of amides is 1. The van der Waals surface area contributed by atoms with E-state index in [-0.39, 0.29) is 5.91 Å². The molecule has 1 amide bonds. The first kappa shape index (κ1) is 17.9. The predicted octanol–water partition coefficient (Wildman–Crippen LogP) is 3.24. The number of pyridine rings is 1. The summed E-state index contributed by atoms with van der Waals surface area (Å²) in [6.45, 7) is 0.370. The third-order valence-electron chi connectivity index (χ3n) is 5.03. The number of nitrogens with zero attached hydrogens (tertiary/aromatic N) is 4. The molecular formula is C22H19N7O. The maximum Gasteiger partial charge on any atom is 0.251 e. The maximum atomic E-state index is 12.5. The molecule has 1 aromatic carbocycles. The van der Waals surface area contributed by atoms with Crippen LogP contribution in [0.25, 0.3) is 27.7 Å². The summed E-state index contributed by atoms with van der Waals surface area (Å²) in [7, 11) is 1.83. The number of benzene rings is 1. The van der Waals surface area contributed by atoms with Crippen molar-refractivity contribution in [1.29, 1.82) is 0 Å². The first-order valence-electron chi connectivity index (χ1n) is 9.55. The minimum atomic E-state index is -0.132. The van der Waals surface area contributed by atoms with E-state index in [1.165, 1.54) is 0 Å². The van der Waals surface area contributed by atoms with E-state index in [1.807, 2.05) is 49.5 Å². The normalized spacial score (nSPS) is 11.1. The lowest BCUT2D eigenvalue weighted by atomic mass is 10.1. The Hall–Kier alpha value is -4.20. The molecule has 0 saturated carbocycles. The highest BCUT2D eigenvalue weighted by Crippen LogP contribution is 2.30. The lowest BCUT2D eigenvalue weighted by molar-refractivity contribution is 0.0950. The monoisotopic (exact) mass is 397 g/mol. The van der Waals surface area contributed by atoms with Crippen molar-refractivity contribution in [1.82, 2.24) is 30.1 Å². The van der Waals surface area contributed by atoms with Crippen LogP contribution in [0.1, 0.15) is 16.1 Å². The van der Waals surface area contributed by atoms with Gasteiger partial charge in [0.1, 0.15) is 5.65 Å². The van der Waals surface area contributed by atoms with Crippen LogP contribution >= 0.6 is 0 Å². The number of carbonyl (C=O) groups excluding carboxylic acids is 1. The van der Waals surface area contributed by atoms with Crippen molar-refractivity contribution in [2.75, 3.05) is 12.4 Å². The number of hydrogen-bond donors (Lipinski definition) is 3. The molecule has 5 aromatic rings. The molecule has 148 valence electrons. The quantitative estimate of drug-likeness (QED) is 0.423. The van der Waals surface area contributed by atoms with Gasteiger partial charge in [0.25, 0.3) is 5.91 Å². The second kappa shape index (κ2) is 7.32. The topological polar surface area (TPSA) is 100 Å². The van der Waals surface area contributed by atoms with Gasteiger partial charge in [-0.15, -0.1) is 0 Å². The Morgan fingerprint density at radius 1 is 1.07 bits per heavy atom. The fraction of sp³-hybridized carbons (Fsp3) is 0.0909. The van der Waals surface area contributed by atoms with Crippen LogP contribution in [0.5, 0.6) is 0 Å². The number of aromatic amines is 1. The van der Waals surface area contributed by atoms with E-state index in [0.717, 1.165) is 39.1 Å². The van der Waals surface area contributed by atoms with E-state index in [0.29, 0.717) is 12.1 Å². The second-order valence-corrected chi connectivity index (χ2v) is 6.89. The second-order valence-electron chi connectivity index (χ2n) is 6.89. The zero-order valence-electron chi connectivity index (χ0n) is 16.3. The van der Waals surface area contributed by atoms with Crippen LogP contribution in [-0.2, 0) is 6.54 Å². The first-order chi connectivity index (χ1) is 14.7. The molecule has 0 atom stereocenters. The third kappa shape index (κ3) is 3.14. The molecule has 5 rings (SSSR count). The van der Waals surface area contributed by atoms with Crippen molar-refractivity contribution in [2.45, 2.75) is 6.54 Å². The minimum Gasteiger partial charge on any atom is -0.388 e. The van der Waals surface area contributed by atoms with Crippen molar-refractivity contribution < 1.29 is 4.79 Å². The van der Waals surface area contributed by atoms with Crippen molar-refractivity contribution in [3.63, 3.8) is 0 Å². The minimum absolute atomic E-state index is 0.132. The zero-order chi connectivity index (χ0) is 20.5. The van der Waals surface area contributed by atoms with E-state index >= 15 is 0 Å². The van der Waals surface area contributed by atoms with Gasteiger partial charge in [0.2, 0.25) is 0 Å². The molecule has 0 bridgehead atoms. The molecule has 4 heterocycles. The highest BCUT2D eigenvalue weighted by atomic mass is 16.1. The molecule has 8 nitrogen and oxygen atoms in total. The zero-order valence-corrected chi connectivity index (χ0v) is 16.3. The molecule has 8 heteroatoms. The molecule has 30 heavy (non-hydrogen) atoms. The van der Waals surface area contributed by atoms with Gasteiger partial charge in [0.15, 0.2) is 0 Å². The number of hydrogen-bond acceptors (Lipinski definition) is 5. The summed E-state index contributed by atoms with van der Waals surface area (Å²) in [4.78, 5) is 20.3. The molecule has 0 radical (unpaired) electrons. The number of anilines is 1. The SMILES string of the molecule is CNc1cccc(C(=O)NCc2cc3c(-c4cnn5ncccc45)ccnc3[nH]2)c1. The predicted molar refractivity (Wildman–Crippen MR) is 115 cm³/mol. The van der Waals surface area contributed by atoms with Crippen molar-refractivity contribution in [3.8, 4) is 11.1 Å². The van der Waals surface area contributed by atoms with Crippen LogP contribution in [0.3, 0.4) is 0 Å². The smallest absolute Gasteiger partial charge is 0.251 e. The van der Waals surface area contributed by atoms with E-state index in [1.54, 1.807) is 29.3 Å². The van der Waals surface area contributed by atoms with Crippen LogP contribution in [0.15, 0.2) is 67.1 Å². The lowest BCUT2D eigenvalue weighted by Crippen LogP contribution is -2.22. The summed E-state index contributed by atoms with van der Waals surface area (Å²) in [6, 6.07) is 15.2.